The molecule has 0 saturated carbocycles. The number of benzene rings is 1. The smallest absolute Gasteiger partial charge is 0.406 e. The number of hydrogen-bond donors (Lipinski definition) is 1. The van der Waals surface area contributed by atoms with E-state index in [0.29, 0.717) is 17.7 Å². The van der Waals surface area contributed by atoms with E-state index in [2.05, 4.69) is 0 Å². The summed E-state index contributed by atoms with van der Waals surface area (Å²) in [6.45, 7) is 0.686. The Labute approximate surface area is 143 Å². The molecule has 25 heavy (non-hydrogen) atoms. The molecule has 5 nitrogen and oxygen atoms in total. The molecule has 1 aliphatic rings. The van der Waals surface area contributed by atoms with Crippen molar-refractivity contribution >= 4 is 11.9 Å². The molecule has 8 heteroatoms. The second kappa shape index (κ2) is 6.93. The van der Waals surface area contributed by atoms with Crippen molar-refractivity contribution in [3.63, 3.8) is 0 Å². The largest absolute Gasteiger partial charge is 0.497 e. The first-order chi connectivity index (χ1) is 11.7. The molecule has 0 aromatic heterocycles. The first-order valence-corrected chi connectivity index (χ1v) is 7.89. The van der Waals surface area contributed by atoms with E-state index in [1.54, 1.807) is 31.2 Å². The predicted octanol–water partition coefficient (Wildman–Crippen LogP) is 3.05. The Morgan fingerprint density at radius 1 is 1.32 bits per heavy atom. The van der Waals surface area contributed by atoms with Gasteiger partial charge in [-0.05, 0) is 30.5 Å². The molecule has 1 aromatic carbocycles. The Balaban J connectivity index is 2.22. The van der Waals surface area contributed by atoms with Crippen LogP contribution in [0.25, 0.3) is 0 Å². The molecule has 2 rings (SSSR count). The molecule has 1 fully saturated rings. The highest BCUT2D eigenvalue weighted by atomic mass is 19.4. The van der Waals surface area contributed by atoms with Crippen LogP contribution in [0.1, 0.15) is 31.2 Å². The van der Waals surface area contributed by atoms with Gasteiger partial charge in [-0.3, -0.25) is 9.59 Å². The van der Waals surface area contributed by atoms with E-state index < -0.39 is 42.4 Å². The summed E-state index contributed by atoms with van der Waals surface area (Å²) in [5.74, 6) is -2.44. The highest BCUT2D eigenvalue weighted by molar-refractivity contribution is 5.86. The fourth-order valence-electron chi connectivity index (χ4n) is 3.13. The van der Waals surface area contributed by atoms with E-state index in [1.165, 1.54) is 7.11 Å². The molecule has 1 heterocycles. The van der Waals surface area contributed by atoms with Crippen LogP contribution >= 0.6 is 0 Å². The molecular formula is C17H20F3NO4. The zero-order chi connectivity index (χ0) is 18.8. The summed E-state index contributed by atoms with van der Waals surface area (Å²) in [4.78, 5) is 25.0. The molecule has 0 bridgehead atoms. The Hall–Kier alpha value is -2.25. The quantitative estimate of drug-likeness (QED) is 0.878. The summed E-state index contributed by atoms with van der Waals surface area (Å²) >= 11 is 0. The van der Waals surface area contributed by atoms with Gasteiger partial charge in [-0.1, -0.05) is 19.1 Å². The summed E-state index contributed by atoms with van der Waals surface area (Å²) < 4.78 is 44.8. The van der Waals surface area contributed by atoms with Gasteiger partial charge in [-0.25, -0.2) is 0 Å². The summed E-state index contributed by atoms with van der Waals surface area (Å²) in [5.41, 5.74) is -2.23. The monoisotopic (exact) mass is 359 g/mol. The molecule has 0 spiro atoms. The van der Waals surface area contributed by atoms with E-state index in [1.807, 2.05) is 0 Å². The van der Waals surface area contributed by atoms with Gasteiger partial charge in [-0.2, -0.15) is 13.2 Å². The van der Waals surface area contributed by atoms with Crippen molar-refractivity contribution in [3.8, 4) is 5.75 Å². The molecule has 2 unspecified atom stereocenters. The minimum atomic E-state index is -4.91. The van der Waals surface area contributed by atoms with Crippen molar-refractivity contribution in [1.29, 1.82) is 0 Å². The maximum atomic E-state index is 13.3. The summed E-state index contributed by atoms with van der Waals surface area (Å²) in [6.07, 6.45) is -5.14. The van der Waals surface area contributed by atoms with Crippen LogP contribution < -0.4 is 4.74 Å². The van der Waals surface area contributed by atoms with E-state index in [0.717, 1.165) is 4.90 Å². The van der Waals surface area contributed by atoms with Crippen molar-refractivity contribution in [3.05, 3.63) is 29.8 Å². The number of likely N-dealkylation sites (tertiary alicyclic amines) is 1. The molecule has 1 aromatic rings. The number of carbonyl (C=O) groups is 2. The summed E-state index contributed by atoms with van der Waals surface area (Å²) in [6, 6.07) is 6.73. The number of ether oxygens (including phenoxy) is 1. The Morgan fingerprint density at radius 2 is 1.92 bits per heavy atom. The molecule has 1 aliphatic heterocycles. The number of halogens is 3. The molecular weight excluding hydrogens is 339 g/mol. The van der Waals surface area contributed by atoms with Gasteiger partial charge >= 0.3 is 12.1 Å². The number of carboxylic acid groups (broad SMARTS) is 1. The van der Waals surface area contributed by atoms with Crippen LogP contribution in [0, 0.1) is 5.41 Å². The van der Waals surface area contributed by atoms with Crippen LogP contribution in [0.2, 0.25) is 0 Å². The number of carboxylic acids is 1. The number of amides is 1. The normalized spacial score (nSPS) is 21.9. The molecule has 1 saturated heterocycles. The van der Waals surface area contributed by atoms with Crippen LogP contribution in [-0.4, -0.2) is 48.3 Å². The van der Waals surface area contributed by atoms with E-state index in [9.17, 15) is 22.8 Å². The molecule has 1 amide bonds. The maximum absolute atomic E-state index is 13.3. The third-order valence-corrected chi connectivity index (χ3v) is 4.76. The molecule has 0 aliphatic carbocycles. The van der Waals surface area contributed by atoms with Gasteiger partial charge in [0.05, 0.1) is 13.0 Å². The minimum absolute atomic E-state index is 0.225. The highest BCUT2D eigenvalue weighted by Crippen LogP contribution is 2.46. The number of alkyl halides is 3. The lowest BCUT2D eigenvalue weighted by atomic mass is 9.86. The lowest BCUT2D eigenvalue weighted by molar-refractivity contribution is -0.227. The second-order valence-corrected chi connectivity index (χ2v) is 6.13. The SMILES string of the molecule is CCC(C(=O)N1CCC(C(=O)O)(C(F)(F)F)C1)c1ccc(OC)cc1. The Kier molecular flexibility index (Phi) is 5.29. The van der Waals surface area contributed by atoms with Gasteiger partial charge in [-0.15, -0.1) is 0 Å². The number of methoxy groups -OCH3 is 1. The first kappa shape index (κ1) is 19.1. The topological polar surface area (TPSA) is 66.8 Å². The third-order valence-electron chi connectivity index (χ3n) is 4.76. The fraction of sp³-hybridized carbons (Fsp3) is 0.529. The van der Waals surface area contributed by atoms with Crippen molar-refractivity contribution in [2.24, 2.45) is 5.41 Å². The zero-order valence-electron chi connectivity index (χ0n) is 14.0. The molecule has 138 valence electrons. The Bertz CT molecular complexity index is 644. The molecule has 0 radical (unpaired) electrons. The van der Waals surface area contributed by atoms with Crippen LogP contribution in [0.3, 0.4) is 0 Å². The lowest BCUT2D eigenvalue weighted by Gasteiger charge is -2.28. The van der Waals surface area contributed by atoms with Crippen LogP contribution in [0.5, 0.6) is 5.75 Å². The Morgan fingerprint density at radius 3 is 2.32 bits per heavy atom. The number of nitrogens with zero attached hydrogens (tertiary/aromatic N) is 1. The fourth-order valence-corrected chi connectivity index (χ4v) is 3.13. The molecule has 2 atom stereocenters. The number of aliphatic carboxylic acids is 1. The van der Waals surface area contributed by atoms with Gasteiger partial charge in [0, 0.05) is 13.1 Å². The maximum Gasteiger partial charge on any atom is 0.406 e. The number of rotatable bonds is 5. The number of hydrogen-bond acceptors (Lipinski definition) is 3. The minimum Gasteiger partial charge on any atom is -0.497 e. The van der Waals surface area contributed by atoms with E-state index >= 15 is 0 Å². The van der Waals surface area contributed by atoms with Crippen molar-refractivity contribution < 1.29 is 32.6 Å². The zero-order valence-corrected chi connectivity index (χ0v) is 14.0. The van der Waals surface area contributed by atoms with E-state index in [4.69, 9.17) is 9.84 Å². The van der Waals surface area contributed by atoms with Gasteiger partial charge in [0.2, 0.25) is 5.91 Å². The number of carbonyl (C=O) groups excluding carboxylic acids is 1. The summed E-state index contributed by atoms with van der Waals surface area (Å²) in [5, 5.41) is 9.10. The van der Waals surface area contributed by atoms with Gasteiger partial charge in [0.1, 0.15) is 5.75 Å². The van der Waals surface area contributed by atoms with Crippen LogP contribution in [0.4, 0.5) is 13.2 Å². The van der Waals surface area contributed by atoms with Gasteiger partial charge in [0.25, 0.3) is 0 Å². The van der Waals surface area contributed by atoms with E-state index in [-0.39, 0.29) is 6.54 Å². The highest BCUT2D eigenvalue weighted by Gasteiger charge is 2.64. The summed E-state index contributed by atoms with van der Waals surface area (Å²) in [7, 11) is 1.50. The predicted molar refractivity (Wildman–Crippen MR) is 83.3 cm³/mol. The third kappa shape index (κ3) is 3.43. The van der Waals surface area contributed by atoms with Crippen molar-refractivity contribution in [1.82, 2.24) is 4.90 Å². The van der Waals surface area contributed by atoms with Crippen molar-refractivity contribution in [2.75, 3.05) is 20.2 Å². The molecule has 1 N–H and O–H groups in total. The second-order valence-electron chi connectivity index (χ2n) is 6.13. The van der Waals surface area contributed by atoms with Crippen LogP contribution in [0.15, 0.2) is 24.3 Å². The average Bonchev–Trinajstić information content (AvgIpc) is 3.03. The van der Waals surface area contributed by atoms with Gasteiger partial charge < -0.3 is 14.7 Å². The average molecular weight is 359 g/mol. The van der Waals surface area contributed by atoms with Crippen LogP contribution in [-0.2, 0) is 9.59 Å². The standard InChI is InChI=1S/C17H20F3NO4/c1-3-13(11-4-6-12(25-2)7-5-11)14(22)21-9-8-16(10-21,15(23)24)17(18,19)20/h4-7,13H,3,8-10H2,1-2H3,(H,23,24). The van der Waals surface area contributed by atoms with Crippen molar-refractivity contribution in [2.45, 2.75) is 31.9 Å². The lowest BCUT2D eigenvalue weighted by Crippen LogP contribution is -2.48. The van der Waals surface area contributed by atoms with Gasteiger partial charge in [0.15, 0.2) is 5.41 Å². The first-order valence-electron chi connectivity index (χ1n) is 7.89.